The maximum absolute atomic E-state index is 9.92. The zero-order valence-electron chi connectivity index (χ0n) is 10.0. The summed E-state index contributed by atoms with van der Waals surface area (Å²) in [6, 6.07) is 3.87. The van der Waals surface area contributed by atoms with Gasteiger partial charge in [-0.2, -0.15) is 0 Å². The zero-order valence-corrected chi connectivity index (χ0v) is 10.0. The van der Waals surface area contributed by atoms with Crippen LogP contribution in [0.25, 0.3) is 0 Å². The van der Waals surface area contributed by atoms with E-state index in [1.807, 2.05) is 12.1 Å². The van der Waals surface area contributed by atoms with Gasteiger partial charge in [0.25, 0.3) is 0 Å². The normalized spacial score (nSPS) is 24.4. The molecule has 0 amide bonds. The fourth-order valence-corrected chi connectivity index (χ4v) is 2.94. The van der Waals surface area contributed by atoms with Crippen molar-refractivity contribution < 1.29 is 9.84 Å². The lowest BCUT2D eigenvalue weighted by Crippen LogP contribution is -2.34. The number of rotatable bonds is 1. The molecule has 0 bridgehead atoms. The van der Waals surface area contributed by atoms with Crippen LogP contribution in [-0.4, -0.2) is 24.8 Å². The topological polar surface area (TPSA) is 41.5 Å². The number of ether oxygens (including phenoxy) is 1. The van der Waals surface area contributed by atoms with Crippen molar-refractivity contribution in [2.75, 3.05) is 19.7 Å². The molecule has 1 atom stereocenters. The monoisotopic (exact) mass is 233 g/mol. The molecule has 3 heteroatoms. The Balaban J connectivity index is 1.98. The summed E-state index contributed by atoms with van der Waals surface area (Å²) < 4.78 is 5.83. The smallest absolute Gasteiger partial charge is 0.119 e. The van der Waals surface area contributed by atoms with E-state index in [2.05, 4.69) is 5.32 Å². The van der Waals surface area contributed by atoms with Crippen LogP contribution in [0.15, 0.2) is 12.1 Å². The summed E-state index contributed by atoms with van der Waals surface area (Å²) in [6.07, 6.45) is 4.67. The number of phenolic OH excluding ortho intramolecular Hbond substituents is 1. The average Bonchev–Trinajstić information content (AvgIpc) is 2.41. The lowest BCUT2D eigenvalue weighted by Gasteiger charge is -2.28. The second kappa shape index (κ2) is 4.67. The second-order valence-corrected chi connectivity index (χ2v) is 4.90. The molecule has 2 N–H and O–H groups in total. The number of morpholine rings is 1. The van der Waals surface area contributed by atoms with E-state index in [1.54, 1.807) is 0 Å². The van der Waals surface area contributed by atoms with Crippen molar-refractivity contribution in [2.45, 2.75) is 31.8 Å². The minimum atomic E-state index is 0.163. The summed E-state index contributed by atoms with van der Waals surface area (Å²) in [5, 5.41) is 13.3. The van der Waals surface area contributed by atoms with Gasteiger partial charge in [-0.25, -0.2) is 0 Å². The minimum Gasteiger partial charge on any atom is -0.508 e. The standard InChI is InChI=1S/C14H19NO2/c16-13-6-5-12(14-9-15-7-8-17-14)10-3-1-2-4-11(10)13/h5-6,14-16H,1-4,7-9H2. The first-order valence-corrected chi connectivity index (χ1v) is 6.52. The van der Waals surface area contributed by atoms with Gasteiger partial charge in [0, 0.05) is 13.1 Å². The van der Waals surface area contributed by atoms with Gasteiger partial charge in [0.05, 0.1) is 12.7 Å². The van der Waals surface area contributed by atoms with E-state index in [0.717, 1.165) is 38.1 Å². The molecule has 0 spiro atoms. The summed E-state index contributed by atoms with van der Waals surface area (Å²) in [6.45, 7) is 2.61. The van der Waals surface area contributed by atoms with E-state index in [-0.39, 0.29) is 6.10 Å². The van der Waals surface area contributed by atoms with Gasteiger partial charge in [0.2, 0.25) is 0 Å². The van der Waals surface area contributed by atoms with Crippen LogP contribution in [0, 0.1) is 0 Å². The molecule has 1 aliphatic heterocycles. The van der Waals surface area contributed by atoms with Gasteiger partial charge in [0.1, 0.15) is 5.75 Å². The van der Waals surface area contributed by atoms with E-state index < -0.39 is 0 Å². The minimum absolute atomic E-state index is 0.163. The van der Waals surface area contributed by atoms with Crippen LogP contribution in [-0.2, 0) is 17.6 Å². The zero-order chi connectivity index (χ0) is 11.7. The number of benzene rings is 1. The van der Waals surface area contributed by atoms with Crippen molar-refractivity contribution in [3.63, 3.8) is 0 Å². The predicted octanol–water partition coefficient (Wildman–Crippen LogP) is 1.93. The first kappa shape index (κ1) is 11.1. The Bertz CT molecular complexity index is 411. The van der Waals surface area contributed by atoms with Crippen LogP contribution >= 0.6 is 0 Å². The lowest BCUT2D eigenvalue weighted by molar-refractivity contribution is 0.0270. The maximum Gasteiger partial charge on any atom is 0.119 e. The average molecular weight is 233 g/mol. The molecule has 1 saturated heterocycles. The lowest BCUT2D eigenvalue weighted by atomic mass is 9.85. The number of phenols is 1. The van der Waals surface area contributed by atoms with Crippen molar-refractivity contribution in [3.05, 3.63) is 28.8 Å². The van der Waals surface area contributed by atoms with Gasteiger partial charge in [-0.1, -0.05) is 6.07 Å². The summed E-state index contributed by atoms with van der Waals surface area (Å²) >= 11 is 0. The molecule has 1 aliphatic carbocycles. The highest BCUT2D eigenvalue weighted by Crippen LogP contribution is 2.35. The molecular formula is C14H19NO2. The van der Waals surface area contributed by atoms with Gasteiger partial charge >= 0.3 is 0 Å². The number of hydrogen-bond donors (Lipinski definition) is 2. The molecule has 0 saturated carbocycles. The third kappa shape index (κ3) is 2.05. The molecule has 1 aromatic rings. The third-order valence-electron chi connectivity index (χ3n) is 3.82. The molecule has 1 unspecified atom stereocenters. The molecule has 1 heterocycles. The largest absolute Gasteiger partial charge is 0.508 e. The summed E-state index contributed by atoms with van der Waals surface area (Å²) in [5.74, 6) is 0.465. The summed E-state index contributed by atoms with van der Waals surface area (Å²) in [7, 11) is 0. The summed E-state index contributed by atoms with van der Waals surface area (Å²) in [5.41, 5.74) is 3.78. The van der Waals surface area contributed by atoms with Crippen LogP contribution < -0.4 is 5.32 Å². The van der Waals surface area contributed by atoms with Crippen molar-refractivity contribution in [1.82, 2.24) is 5.32 Å². The number of nitrogens with one attached hydrogen (secondary N) is 1. The van der Waals surface area contributed by atoms with Gasteiger partial charge < -0.3 is 15.2 Å². The van der Waals surface area contributed by atoms with Crippen LogP contribution in [0.1, 0.15) is 35.6 Å². The highest BCUT2D eigenvalue weighted by Gasteiger charge is 2.23. The molecule has 1 aromatic carbocycles. The summed E-state index contributed by atoms with van der Waals surface area (Å²) in [4.78, 5) is 0. The van der Waals surface area contributed by atoms with Gasteiger partial charge in [-0.05, 0) is 48.4 Å². The maximum atomic E-state index is 9.92. The molecule has 17 heavy (non-hydrogen) atoms. The molecule has 0 aromatic heterocycles. The molecule has 2 aliphatic rings. The fraction of sp³-hybridized carbons (Fsp3) is 0.571. The van der Waals surface area contributed by atoms with Crippen LogP contribution in [0.3, 0.4) is 0 Å². The first-order chi connectivity index (χ1) is 8.36. The predicted molar refractivity (Wildman–Crippen MR) is 66.3 cm³/mol. The highest BCUT2D eigenvalue weighted by atomic mass is 16.5. The Morgan fingerprint density at radius 2 is 2.00 bits per heavy atom. The number of fused-ring (bicyclic) bond motifs is 1. The molecule has 3 rings (SSSR count). The second-order valence-electron chi connectivity index (χ2n) is 4.90. The van der Waals surface area contributed by atoms with Gasteiger partial charge in [-0.3, -0.25) is 0 Å². The Kier molecular flexibility index (Phi) is 3.04. The molecule has 3 nitrogen and oxygen atoms in total. The molecule has 1 fully saturated rings. The molecule has 92 valence electrons. The van der Waals surface area contributed by atoms with Crippen molar-refractivity contribution in [3.8, 4) is 5.75 Å². The van der Waals surface area contributed by atoms with Gasteiger partial charge in [0.15, 0.2) is 0 Å². The Morgan fingerprint density at radius 3 is 2.76 bits per heavy atom. The quantitative estimate of drug-likeness (QED) is 0.779. The fourth-order valence-electron chi connectivity index (χ4n) is 2.94. The van der Waals surface area contributed by atoms with Crippen LogP contribution in [0.4, 0.5) is 0 Å². The first-order valence-electron chi connectivity index (χ1n) is 6.52. The molecular weight excluding hydrogens is 214 g/mol. The van der Waals surface area contributed by atoms with Crippen molar-refractivity contribution >= 4 is 0 Å². The Labute approximate surface area is 102 Å². The molecule has 0 radical (unpaired) electrons. The van der Waals surface area contributed by atoms with E-state index in [4.69, 9.17) is 4.74 Å². The Hall–Kier alpha value is -1.06. The highest BCUT2D eigenvalue weighted by molar-refractivity contribution is 5.46. The van der Waals surface area contributed by atoms with E-state index in [9.17, 15) is 5.11 Å². The third-order valence-corrected chi connectivity index (χ3v) is 3.82. The van der Waals surface area contributed by atoms with Crippen molar-refractivity contribution in [2.24, 2.45) is 0 Å². The van der Waals surface area contributed by atoms with E-state index in [0.29, 0.717) is 5.75 Å². The van der Waals surface area contributed by atoms with E-state index in [1.165, 1.54) is 24.0 Å². The van der Waals surface area contributed by atoms with Gasteiger partial charge in [-0.15, -0.1) is 0 Å². The van der Waals surface area contributed by atoms with Crippen molar-refractivity contribution in [1.29, 1.82) is 0 Å². The Morgan fingerprint density at radius 1 is 1.18 bits per heavy atom. The SMILES string of the molecule is Oc1ccc(C2CNCCO2)c2c1CCCC2. The van der Waals surface area contributed by atoms with Crippen LogP contribution in [0.5, 0.6) is 5.75 Å². The van der Waals surface area contributed by atoms with E-state index >= 15 is 0 Å². The van der Waals surface area contributed by atoms with Crippen LogP contribution in [0.2, 0.25) is 0 Å². The number of hydrogen-bond acceptors (Lipinski definition) is 3. The number of aromatic hydroxyl groups is 1.